The molecule has 142 valence electrons. The van der Waals surface area contributed by atoms with Crippen molar-refractivity contribution < 1.29 is 9.18 Å². The van der Waals surface area contributed by atoms with Crippen LogP contribution in [0.15, 0.2) is 70.8 Å². The van der Waals surface area contributed by atoms with Gasteiger partial charge in [0.25, 0.3) is 0 Å². The first-order valence-electron chi connectivity index (χ1n) is 8.55. The second-order valence-corrected chi connectivity index (χ2v) is 7.93. The molecule has 0 unspecified atom stereocenters. The molecule has 0 bridgehead atoms. The summed E-state index contributed by atoms with van der Waals surface area (Å²) in [4.78, 5) is 18.7. The molecule has 0 spiro atoms. The fourth-order valence-corrected chi connectivity index (χ4v) is 4.32. The van der Waals surface area contributed by atoms with Crippen molar-refractivity contribution in [1.82, 2.24) is 24.4 Å². The number of thiazole rings is 1. The zero-order chi connectivity index (χ0) is 20.0. The molecule has 0 amide bonds. The summed E-state index contributed by atoms with van der Waals surface area (Å²) in [6, 6.07) is 13.8. The van der Waals surface area contributed by atoms with Crippen molar-refractivity contribution in [3.05, 3.63) is 88.0 Å². The first-order chi connectivity index (χ1) is 14.1. The number of carbonyl (C=O) groups is 1. The molecule has 9 heteroatoms. The molecule has 2 aromatic carbocycles. The van der Waals surface area contributed by atoms with E-state index in [-0.39, 0.29) is 17.3 Å². The Morgan fingerprint density at radius 2 is 1.97 bits per heavy atom. The number of imidazole rings is 1. The van der Waals surface area contributed by atoms with E-state index in [1.807, 2.05) is 41.9 Å². The van der Waals surface area contributed by atoms with E-state index in [9.17, 15) is 9.18 Å². The van der Waals surface area contributed by atoms with Crippen LogP contribution in [0.2, 0.25) is 0 Å². The summed E-state index contributed by atoms with van der Waals surface area (Å²) in [5.41, 5.74) is 2.62. The van der Waals surface area contributed by atoms with Crippen LogP contribution in [0.1, 0.15) is 16.2 Å². The van der Waals surface area contributed by atoms with Crippen molar-refractivity contribution in [3.8, 4) is 16.9 Å². The Kier molecular flexibility index (Phi) is 4.33. The predicted octanol–water partition coefficient (Wildman–Crippen LogP) is 4.78. The Morgan fingerprint density at radius 1 is 1.14 bits per heavy atom. The van der Waals surface area contributed by atoms with E-state index in [1.165, 1.54) is 34.3 Å². The van der Waals surface area contributed by atoms with Gasteiger partial charge in [-0.1, -0.05) is 35.5 Å². The molecule has 5 aromatic rings. The molecular formula is C20H11BrFN5OS. The molecule has 0 saturated heterocycles. The maximum atomic E-state index is 13.4. The topological polar surface area (TPSA) is 65.1 Å². The Balaban J connectivity index is 1.61. The Morgan fingerprint density at radius 3 is 2.76 bits per heavy atom. The molecule has 0 radical (unpaired) electrons. The highest BCUT2D eigenvalue weighted by atomic mass is 79.9. The number of fused-ring (bicyclic) bond motifs is 1. The first kappa shape index (κ1) is 17.9. The Hall–Kier alpha value is -3.17. The van der Waals surface area contributed by atoms with Gasteiger partial charge in [0.1, 0.15) is 17.2 Å². The summed E-state index contributed by atoms with van der Waals surface area (Å²) < 4.78 is 17.1. The quantitative estimate of drug-likeness (QED) is 0.357. The standard InChI is InChI=1S/C20H11BrFN5OS/c21-14-10-13(22)6-7-16(14)27-11-15(24-25-27)19(28)18-17(12-4-2-1-3-5-12)23-20-26(18)8-9-29-20/h1-11H. The summed E-state index contributed by atoms with van der Waals surface area (Å²) >= 11 is 4.76. The number of nitrogens with zero attached hydrogens (tertiary/aromatic N) is 5. The first-order valence-corrected chi connectivity index (χ1v) is 10.2. The van der Waals surface area contributed by atoms with Gasteiger partial charge in [0.2, 0.25) is 5.78 Å². The summed E-state index contributed by atoms with van der Waals surface area (Å²) in [5.74, 6) is -0.664. The van der Waals surface area contributed by atoms with Gasteiger partial charge in [-0.2, -0.15) is 0 Å². The molecule has 0 aliphatic heterocycles. The van der Waals surface area contributed by atoms with Crippen LogP contribution in [0.4, 0.5) is 4.39 Å². The van der Waals surface area contributed by atoms with Crippen molar-refractivity contribution in [2.45, 2.75) is 0 Å². The van der Waals surface area contributed by atoms with E-state index in [1.54, 1.807) is 10.5 Å². The van der Waals surface area contributed by atoms with Crippen molar-refractivity contribution in [3.63, 3.8) is 0 Å². The largest absolute Gasteiger partial charge is 0.287 e. The van der Waals surface area contributed by atoms with Crippen molar-refractivity contribution in [1.29, 1.82) is 0 Å². The van der Waals surface area contributed by atoms with Crippen LogP contribution >= 0.6 is 27.3 Å². The number of hydrogen-bond acceptors (Lipinski definition) is 5. The van der Waals surface area contributed by atoms with Gasteiger partial charge in [0, 0.05) is 21.6 Å². The molecule has 3 heterocycles. The molecule has 29 heavy (non-hydrogen) atoms. The third-order valence-electron chi connectivity index (χ3n) is 4.41. The van der Waals surface area contributed by atoms with Gasteiger partial charge in [-0.05, 0) is 34.1 Å². The number of hydrogen-bond donors (Lipinski definition) is 0. The van der Waals surface area contributed by atoms with Crippen LogP contribution in [-0.2, 0) is 0 Å². The van der Waals surface area contributed by atoms with Crippen molar-refractivity contribution >= 4 is 38.0 Å². The van der Waals surface area contributed by atoms with E-state index < -0.39 is 0 Å². The normalized spacial score (nSPS) is 11.2. The smallest absolute Gasteiger partial charge is 0.233 e. The maximum absolute atomic E-state index is 13.4. The summed E-state index contributed by atoms with van der Waals surface area (Å²) in [5, 5.41) is 9.97. The van der Waals surface area contributed by atoms with Crippen LogP contribution in [0.5, 0.6) is 0 Å². The zero-order valence-electron chi connectivity index (χ0n) is 14.7. The minimum absolute atomic E-state index is 0.173. The molecular weight excluding hydrogens is 457 g/mol. The maximum Gasteiger partial charge on any atom is 0.233 e. The summed E-state index contributed by atoms with van der Waals surface area (Å²) in [6.45, 7) is 0. The van der Waals surface area contributed by atoms with Gasteiger partial charge in [-0.15, -0.1) is 16.4 Å². The second-order valence-electron chi connectivity index (χ2n) is 6.20. The lowest BCUT2D eigenvalue weighted by Crippen LogP contribution is -2.07. The number of carbonyl (C=O) groups excluding carboxylic acids is 1. The predicted molar refractivity (Wildman–Crippen MR) is 111 cm³/mol. The van der Waals surface area contributed by atoms with Crippen LogP contribution in [-0.4, -0.2) is 30.2 Å². The molecule has 5 rings (SSSR count). The van der Waals surface area contributed by atoms with Gasteiger partial charge in [0.05, 0.1) is 11.9 Å². The monoisotopic (exact) mass is 467 g/mol. The second kappa shape index (κ2) is 7.02. The van der Waals surface area contributed by atoms with Crippen molar-refractivity contribution in [2.24, 2.45) is 0 Å². The number of aromatic nitrogens is 5. The van der Waals surface area contributed by atoms with E-state index >= 15 is 0 Å². The lowest BCUT2D eigenvalue weighted by molar-refractivity contribution is 0.102. The molecule has 0 N–H and O–H groups in total. The van der Waals surface area contributed by atoms with Crippen LogP contribution in [0.25, 0.3) is 21.9 Å². The molecule has 0 aliphatic rings. The molecule has 0 saturated carbocycles. The molecule has 3 aromatic heterocycles. The third-order valence-corrected chi connectivity index (χ3v) is 5.80. The van der Waals surface area contributed by atoms with Crippen molar-refractivity contribution in [2.75, 3.05) is 0 Å². The molecule has 6 nitrogen and oxygen atoms in total. The average Bonchev–Trinajstić information content (AvgIpc) is 3.44. The van der Waals surface area contributed by atoms with Gasteiger partial charge in [-0.25, -0.2) is 14.1 Å². The van der Waals surface area contributed by atoms with Gasteiger partial charge in [-0.3, -0.25) is 9.20 Å². The van der Waals surface area contributed by atoms with E-state index in [4.69, 9.17) is 0 Å². The van der Waals surface area contributed by atoms with Gasteiger partial charge in [0.15, 0.2) is 10.7 Å². The lowest BCUT2D eigenvalue weighted by Gasteiger charge is -2.03. The highest BCUT2D eigenvalue weighted by molar-refractivity contribution is 9.10. The molecule has 0 fully saturated rings. The SMILES string of the molecule is O=C(c1cn(-c2ccc(F)cc2Br)nn1)c1c(-c2ccccc2)nc2sccn12. The third kappa shape index (κ3) is 3.08. The average molecular weight is 468 g/mol. The molecule has 0 aliphatic carbocycles. The minimum Gasteiger partial charge on any atom is -0.287 e. The van der Waals surface area contributed by atoms with Crippen LogP contribution in [0.3, 0.4) is 0 Å². The minimum atomic E-state index is -0.372. The zero-order valence-corrected chi connectivity index (χ0v) is 17.1. The van der Waals surface area contributed by atoms with E-state index in [0.717, 1.165) is 10.5 Å². The van der Waals surface area contributed by atoms with E-state index in [0.29, 0.717) is 21.5 Å². The Bertz CT molecular complexity index is 1360. The summed E-state index contributed by atoms with van der Waals surface area (Å²) in [6.07, 6.45) is 3.34. The fraction of sp³-hybridized carbons (Fsp3) is 0. The lowest BCUT2D eigenvalue weighted by atomic mass is 10.1. The van der Waals surface area contributed by atoms with E-state index in [2.05, 4.69) is 31.2 Å². The molecule has 0 atom stereocenters. The van der Waals surface area contributed by atoms with Crippen LogP contribution < -0.4 is 0 Å². The summed E-state index contributed by atoms with van der Waals surface area (Å²) in [7, 11) is 0. The number of benzene rings is 2. The number of halogens is 2. The Labute approximate surface area is 176 Å². The highest BCUT2D eigenvalue weighted by Crippen LogP contribution is 2.28. The van der Waals surface area contributed by atoms with Crippen LogP contribution in [0, 0.1) is 5.82 Å². The highest BCUT2D eigenvalue weighted by Gasteiger charge is 2.25. The number of rotatable bonds is 4. The van der Waals surface area contributed by atoms with Gasteiger partial charge < -0.3 is 0 Å². The van der Waals surface area contributed by atoms with Gasteiger partial charge >= 0.3 is 0 Å². The number of ketones is 1. The fourth-order valence-electron chi connectivity index (χ4n) is 3.07.